The van der Waals surface area contributed by atoms with E-state index in [1.54, 1.807) is 123 Å². The van der Waals surface area contributed by atoms with Crippen molar-refractivity contribution in [2.24, 2.45) is 0 Å². The molecule has 0 N–H and O–H groups in total. The van der Waals surface area contributed by atoms with E-state index < -0.39 is 11.9 Å². The Balaban J connectivity index is 0.000000174. The second kappa shape index (κ2) is 43.7. The van der Waals surface area contributed by atoms with Crippen molar-refractivity contribution in [2.75, 3.05) is 0 Å². The summed E-state index contributed by atoms with van der Waals surface area (Å²) in [5.41, 5.74) is 21.0. The van der Waals surface area contributed by atoms with Crippen LogP contribution in [0.25, 0.3) is 0 Å². The molecule has 2 radical (unpaired) electrons. The summed E-state index contributed by atoms with van der Waals surface area (Å²) in [5, 5.41) is 20.4. The first-order chi connectivity index (χ1) is 59.9. The summed E-state index contributed by atoms with van der Waals surface area (Å²) in [6.45, 7) is 4.46. The van der Waals surface area contributed by atoms with Crippen LogP contribution in [-0.2, 0) is 53.1 Å². The van der Waals surface area contributed by atoms with E-state index in [2.05, 4.69) is 196 Å². The molecule has 0 aliphatic carbocycles. The molecule has 0 amide bonds. The maximum atomic E-state index is 10.2. The Morgan fingerprint density at radius 2 is 0.349 bits per heavy atom. The SMILES string of the molecule is CCCCCC.O=C([O-])c1ccc(I)cc1.O=C([O-])c1ccc(I)cc1.[Mo+3].[Mo+3].[O-2].[O-2].c1cc([C+]2c3ccc([n-]3)[C+](c3ccncc3)c3ccc([n-]3)[C+](c3ccncc3)c3ccc([n-]3)[C+](c3ccncc3)c3ccc2[n-]3)ccn1.c1cc([C+]2c3ccc([n-]3)[C+](c3ccncc3)c3ccc([n-]3)[C+](c3ccncc3)c3ccc([n-]3)[C+](c3ccncc3)c3ccc2[n-]3)ccn1. The summed E-state index contributed by atoms with van der Waals surface area (Å²) in [7, 11) is 0. The first-order valence-electron chi connectivity index (χ1n) is 39.2. The fourth-order valence-electron chi connectivity index (χ4n) is 14.4. The molecule has 18 heterocycles. The summed E-state index contributed by atoms with van der Waals surface area (Å²) < 4.78 is 2.03. The Kier molecular flexibility index (Phi) is 31.8. The molecule has 16 bridgehead atoms. The number of unbranched alkanes of at least 4 members (excludes halogenated alkanes) is 3. The number of nitrogens with zero attached hydrogens (tertiary/aromatic N) is 16. The second-order valence-electron chi connectivity index (χ2n) is 27.9. The third-order valence-corrected chi connectivity index (χ3v) is 21.5. The maximum Gasteiger partial charge on any atom is 3.00 e. The van der Waals surface area contributed by atoms with Crippen LogP contribution < -0.4 is 50.1 Å². The molecule has 0 saturated carbocycles. The predicted molar refractivity (Wildman–Crippen MR) is 475 cm³/mol. The number of pyridine rings is 8. The fourth-order valence-corrected chi connectivity index (χ4v) is 15.1. The number of hydrogen-bond acceptors (Lipinski definition) is 12. The largest absolute Gasteiger partial charge is 3.00 e. The van der Waals surface area contributed by atoms with Gasteiger partial charge < -0.3 is 70.6 Å². The zero-order valence-electron chi connectivity index (χ0n) is 67.3. The van der Waals surface area contributed by atoms with Gasteiger partial charge in [0.15, 0.2) is 0 Å². The smallest absolute Gasteiger partial charge is 2.00 e. The quantitative estimate of drug-likeness (QED) is 0.0448. The molecule has 612 valence electrons. The number of carbonyl (C=O) groups excluding carboxylic acids is 2. The molecule has 0 atom stereocenters. The van der Waals surface area contributed by atoms with Crippen LogP contribution in [0.5, 0.6) is 0 Å². The third-order valence-electron chi connectivity index (χ3n) is 20.1. The van der Waals surface area contributed by atoms with Crippen molar-refractivity contribution in [3.63, 3.8) is 0 Å². The molecular formula is C100H70I2Mo2N16O6. The minimum Gasteiger partial charge on any atom is -2.00 e. The first kappa shape index (κ1) is 91.7. The molecule has 26 heteroatoms. The Labute approximate surface area is 785 Å². The minimum absolute atomic E-state index is 0. The molecule has 22 nitrogen and oxygen atoms in total. The zero-order chi connectivity index (χ0) is 83.7. The van der Waals surface area contributed by atoms with Crippen molar-refractivity contribution in [1.29, 1.82) is 0 Å². The zero-order valence-corrected chi connectivity index (χ0v) is 75.7. The van der Waals surface area contributed by atoms with Gasteiger partial charge >= 0.3 is 42.1 Å². The average Bonchev–Trinajstić information content (AvgIpc) is 1.60. The van der Waals surface area contributed by atoms with Gasteiger partial charge in [-0.3, -0.25) is 0 Å². The van der Waals surface area contributed by atoms with Crippen molar-refractivity contribution in [3.05, 3.63) is 543 Å². The Morgan fingerprint density at radius 3 is 0.452 bits per heavy atom. The maximum absolute atomic E-state index is 10.2. The standard InChI is InChI=1S/2C40H24N8.2C7H5IO2.C6H14.2Mo.2O/c2*1-2-30-38(26-11-19-42-20-12-26)32-5-6-34(47-32)40(28-15-23-44-24-16-28)36-8-7-35(48-36)39(27-13-21-43-22-14-27)33-4-3-31(46-33)37(29(1)45-30)25-9-17-41-18-10-25;2*8-6-3-1-5(2-4-6)7(9)10;1-3-5-6-4-2;;;;/h2*1-24H;2*1-4H,(H,9,10);3-6H2,1-2H3;;;;/q;;;;;2*+3;2*-2/p-2. The monoisotopic (exact) mass is 2040 g/mol. The molecule has 18 aromatic rings. The van der Waals surface area contributed by atoms with Crippen LogP contribution in [-0.4, -0.2) is 51.8 Å². The third kappa shape index (κ3) is 21.3. The van der Waals surface area contributed by atoms with Gasteiger partial charge in [0, 0.05) is 249 Å². The molecule has 0 unspecified atom stereocenters. The number of carboxylic acids is 2. The molecular weight excluding hydrogens is 1970 g/mol. The summed E-state index contributed by atoms with van der Waals surface area (Å²) in [6, 6.07) is 77.7. The number of aromatic carboxylic acids is 2. The van der Waals surface area contributed by atoms with E-state index in [-0.39, 0.29) is 64.2 Å². The number of aromatic nitrogens is 16. The average molecular weight is 2040 g/mol. The van der Waals surface area contributed by atoms with E-state index in [0.717, 1.165) is 190 Å². The summed E-state index contributed by atoms with van der Waals surface area (Å²) >= 11 is 4.21. The van der Waals surface area contributed by atoms with E-state index in [1.807, 2.05) is 97.1 Å². The summed E-state index contributed by atoms with van der Waals surface area (Å²) in [6.07, 6.45) is 34.2. The van der Waals surface area contributed by atoms with Crippen molar-refractivity contribution in [2.45, 2.75) is 39.5 Å². The molecule has 0 saturated heterocycles. The van der Waals surface area contributed by atoms with E-state index in [1.165, 1.54) is 49.9 Å². The Morgan fingerprint density at radius 1 is 0.230 bits per heavy atom. The number of rotatable bonds is 13. The van der Waals surface area contributed by atoms with Crippen molar-refractivity contribution in [1.82, 2.24) is 79.7 Å². The molecule has 20 rings (SSSR count). The number of halogens is 2. The van der Waals surface area contributed by atoms with Crippen molar-refractivity contribution >= 4 is 57.1 Å². The molecule has 16 aromatic heterocycles. The molecule has 0 spiro atoms. The van der Waals surface area contributed by atoms with Gasteiger partial charge in [-0.2, -0.15) is 0 Å². The molecule has 2 aliphatic heterocycles. The van der Waals surface area contributed by atoms with Gasteiger partial charge in [-0.05, 0) is 172 Å². The number of carboxylic acid groups (broad SMARTS) is 2. The number of fused-ring (bicyclic) bond motifs is 16. The molecule has 126 heavy (non-hydrogen) atoms. The van der Waals surface area contributed by atoms with Gasteiger partial charge in [0.05, 0.1) is 156 Å². The van der Waals surface area contributed by atoms with Crippen LogP contribution in [0.1, 0.15) is 196 Å². The molecule has 0 fully saturated rings. The van der Waals surface area contributed by atoms with Gasteiger partial charge in [0.2, 0.25) is 0 Å². The Bertz CT molecular complexity index is 5170. The predicted octanol–water partition coefficient (Wildman–Crippen LogP) is 14.6. The van der Waals surface area contributed by atoms with E-state index in [9.17, 15) is 19.8 Å². The van der Waals surface area contributed by atoms with Crippen molar-refractivity contribution in [3.8, 4) is 0 Å². The van der Waals surface area contributed by atoms with Gasteiger partial charge in [0.25, 0.3) is 0 Å². The summed E-state index contributed by atoms with van der Waals surface area (Å²) in [4.78, 5) is 96.6. The van der Waals surface area contributed by atoms with Crippen LogP contribution in [0.4, 0.5) is 0 Å². The van der Waals surface area contributed by atoms with Gasteiger partial charge in [-0.25, -0.2) is 39.9 Å². The number of hydrogen-bond donors (Lipinski definition) is 0. The second-order valence-corrected chi connectivity index (χ2v) is 30.4. The number of carbonyl (C=O) groups is 2. The Hall–Kier alpha value is -13.5. The van der Waals surface area contributed by atoms with Gasteiger partial charge in [0.1, 0.15) is 0 Å². The molecule has 2 aliphatic rings. The summed E-state index contributed by atoms with van der Waals surface area (Å²) in [5.74, 6) is 5.01. The van der Waals surface area contributed by atoms with E-state index >= 15 is 0 Å². The van der Waals surface area contributed by atoms with Gasteiger partial charge in [-0.15, -0.1) is 0 Å². The van der Waals surface area contributed by atoms with Crippen LogP contribution in [0, 0.1) is 54.5 Å². The van der Waals surface area contributed by atoms with E-state index in [4.69, 9.17) is 39.9 Å². The number of benzene rings is 2. The molecule has 2 aromatic carbocycles. The van der Waals surface area contributed by atoms with E-state index in [0.29, 0.717) is 0 Å². The van der Waals surface area contributed by atoms with Crippen molar-refractivity contribution < 1.29 is 72.9 Å². The normalized spacial score (nSPS) is 11.7. The van der Waals surface area contributed by atoms with Crippen LogP contribution in [0.2, 0.25) is 0 Å². The van der Waals surface area contributed by atoms with Crippen LogP contribution in [0.15, 0.2) is 342 Å². The topological polar surface area (TPSA) is 353 Å². The fraction of sp³-hybridized carbons (Fsp3) is 0.0600. The van der Waals surface area contributed by atoms with Crippen LogP contribution >= 0.6 is 45.2 Å². The van der Waals surface area contributed by atoms with Gasteiger partial charge in [-0.1, -0.05) is 63.8 Å². The first-order valence-corrected chi connectivity index (χ1v) is 41.4. The van der Waals surface area contributed by atoms with Crippen LogP contribution in [0.3, 0.4) is 0 Å². The minimum atomic E-state index is -1.13.